The zero-order chi connectivity index (χ0) is 13.1. The maximum atomic E-state index is 4.61. The van der Waals surface area contributed by atoms with Crippen LogP contribution in [0.5, 0.6) is 0 Å². The molecule has 0 aliphatic heterocycles. The van der Waals surface area contributed by atoms with Crippen LogP contribution in [0.15, 0.2) is 22.9 Å². The van der Waals surface area contributed by atoms with Crippen molar-refractivity contribution < 1.29 is 0 Å². The molecule has 0 saturated heterocycles. The van der Waals surface area contributed by atoms with Crippen molar-refractivity contribution in [3.05, 3.63) is 39.8 Å². The van der Waals surface area contributed by atoms with E-state index < -0.39 is 0 Å². The second-order valence-electron chi connectivity index (χ2n) is 4.27. The van der Waals surface area contributed by atoms with Gasteiger partial charge >= 0.3 is 0 Å². The fourth-order valence-electron chi connectivity index (χ4n) is 1.92. The first-order valence-corrected chi connectivity index (χ1v) is 6.79. The standard InChI is InChI=1S/C13H17BrN4/c1-4-15-7-12-9(2)5-10(3)17-13(12)18-8-11(14)6-16-18/h5-6,8,15H,4,7H2,1-3H3. The second-order valence-corrected chi connectivity index (χ2v) is 5.18. The lowest BCUT2D eigenvalue weighted by atomic mass is 10.1. The van der Waals surface area contributed by atoms with E-state index in [2.05, 4.69) is 51.2 Å². The smallest absolute Gasteiger partial charge is 0.158 e. The number of hydrogen-bond donors (Lipinski definition) is 1. The van der Waals surface area contributed by atoms with Gasteiger partial charge in [0.2, 0.25) is 0 Å². The van der Waals surface area contributed by atoms with Gasteiger partial charge in [-0.15, -0.1) is 0 Å². The topological polar surface area (TPSA) is 42.7 Å². The molecule has 4 nitrogen and oxygen atoms in total. The Hall–Kier alpha value is -1.20. The van der Waals surface area contributed by atoms with Crippen molar-refractivity contribution in [2.24, 2.45) is 0 Å². The minimum Gasteiger partial charge on any atom is -0.313 e. The molecule has 0 atom stereocenters. The molecule has 0 unspecified atom stereocenters. The van der Waals surface area contributed by atoms with Gasteiger partial charge in [0.1, 0.15) is 0 Å². The average Bonchev–Trinajstić information content (AvgIpc) is 2.74. The van der Waals surface area contributed by atoms with Crippen LogP contribution in [0, 0.1) is 13.8 Å². The average molecular weight is 309 g/mol. The Balaban J connectivity index is 2.49. The van der Waals surface area contributed by atoms with Crippen molar-refractivity contribution in [1.29, 1.82) is 0 Å². The van der Waals surface area contributed by atoms with E-state index in [1.165, 1.54) is 11.1 Å². The number of pyridine rings is 1. The zero-order valence-electron chi connectivity index (χ0n) is 10.9. The molecule has 5 heteroatoms. The Labute approximate surface area is 116 Å². The molecule has 0 bridgehead atoms. The van der Waals surface area contributed by atoms with Gasteiger partial charge in [-0.1, -0.05) is 6.92 Å². The van der Waals surface area contributed by atoms with Gasteiger partial charge in [-0.3, -0.25) is 0 Å². The van der Waals surface area contributed by atoms with Crippen molar-refractivity contribution in [1.82, 2.24) is 20.1 Å². The third-order valence-corrected chi connectivity index (χ3v) is 3.18. The van der Waals surface area contributed by atoms with E-state index in [4.69, 9.17) is 0 Å². The highest BCUT2D eigenvalue weighted by Crippen LogP contribution is 2.19. The zero-order valence-corrected chi connectivity index (χ0v) is 12.5. The summed E-state index contributed by atoms with van der Waals surface area (Å²) in [6.45, 7) is 7.97. The summed E-state index contributed by atoms with van der Waals surface area (Å²) in [6, 6.07) is 2.11. The second kappa shape index (κ2) is 5.63. The fraction of sp³-hybridized carbons (Fsp3) is 0.385. The molecule has 0 aliphatic rings. The largest absolute Gasteiger partial charge is 0.313 e. The van der Waals surface area contributed by atoms with Crippen LogP contribution in [-0.4, -0.2) is 21.3 Å². The van der Waals surface area contributed by atoms with Crippen LogP contribution >= 0.6 is 15.9 Å². The molecular formula is C13H17BrN4. The molecule has 18 heavy (non-hydrogen) atoms. The predicted molar refractivity (Wildman–Crippen MR) is 75.9 cm³/mol. The number of aromatic nitrogens is 3. The van der Waals surface area contributed by atoms with E-state index in [-0.39, 0.29) is 0 Å². The first kappa shape index (κ1) is 13.2. The summed E-state index contributed by atoms with van der Waals surface area (Å²) >= 11 is 3.42. The van der Waals surface area contributed by atoms with Crippen molar-refractivity contribution >= 4 is 15.9 Å². The molecule has 0 aromatic carbocycles. The Kier molecular flexibility index (Phi) is 4.14. The summed E-state index contributed by atoms with van der Waals surface area (Å²) < 4.78 is 2.77. The van der Waals surface area contributed by atoms with E-state index in [0.29, 0.717) is 0 Å². The minimum absolute atomic E-state index is 0.808. The van der Waals surface area contributed by atoms with E-state index in [9.17, 15) is 0 Å². The van der Waals surface area contributed by atoms with E-state index in [1.807, 2.05) is 17.8 Å². The normalized spacial score (nSPS) is 10.9. The van der Waals surface area contributed by atoms with Gasteiger partial charge in [-0.2, -0.15) is 5.10 Å². The third kappa shape index (κ3) is 2.79. The molecule has 2 heterocycles. The monoisotopic (exact) mass is 308 g/mol. The highest BCUT2D eigenvalue weighted by atomic mass is 79.9. The maximum Gasteiger partial charge on any atom is 0.158 e. The molecule has 0 spiro atoms. The van der Waals surface area contributed by atoms with Crippen LogP contribution in [0.25, 0.3) is 5.82 Å². The van der Waals surface area contributed by atoms with E-state index in [1.54, 1.807) is 6.20 Å². The van der Waals surface area contributed by atoms with Gasteiger partial charge in [0.15, 0.2) is 5.82 Å². The van der Waals surface area contributed by atoms with Gasteiger partial charge in [0, 0.05) is 24.0 Å². The van der Waals surface area contributed by atoms with Crippen LogP contribution in [-0.2, 0) is 6.54 Å². The predicted octanol–water partition coefficient (Wildman–Crippen LogP) is 2.76. The Morgan fingerprint density at radius 3 is 2.78 bits per heavy atom. The molecular weight excluding hydrogens is 292 g/mol. The van der Waals surface area contributed by atoms with E-state index in [0.717, 1.165) is 29.1 Å². The quantitative estimate of drug-likeness (QED) is 0.944. The third-order valence-electron chi connectivity index (χ3n) is 2.77. The Morgan fingerprint density at radius 2 is 2.17 bits per heavy atom. The highest BCUT2D eigenvalue weighted by molar-refractivity contribution is 9.10. The molecule has 0 radical (unpaired) electrons. The van der Waals surface area contributed by atoms with Crippen LogP contribution in [0.4, 0.5) is 0 Å². The Bertz CT molecular complexity index is 548. The molecule has 2 rings (SSSR count). The molecule has 0 aliphatic carbocycles. The van der Waals surface area contributed by atoms with Gasteiger partial charge in [-0.05, 0) is 48.0 Å². The lowest BCUT2D eigenvalue weighted by Gasteiger charge is -2.13. The summed E-state index contributed by atoms with van der Waals surface area (Å²) in [5.74, 6) is 0.902. The lowest BCUT2D eigenvalue weighted by Crippen LogP contribution is -2.16. The van der Waals surface area contributed by atoms with Crippen molar-refractivity contribution in [2.75, 3.05) is 6.54 Å². The van der Waals surface area contributed by atoms with Gasteiger partial charge in [-0.25, -0.2) is 9.67 Å². The van der Waals surface area contributed by atoms with Crippen LogP contribution in [0.2, 0.25) is 0 Å². The number of aryl methyl sites for hydroxylation is 2. The summed E-state index contributed by atoms with van der Waals surface area (Å²) in [6.07, 6.45) is 3.70. The van der Waals surface area contributed by atoms with Gasteiger partial charge < -0.3 is 5.32 Å². The number of halogens is 1. The van der Waals surface area contributed by atoms with Crippen LogP contribution in [0.1, 0.15) is 23.7 Å². The van der Waals surface area contributed by atoms with Gasteiger partial charge in [0.05, 0.1) is 10.7 Å². The number of nitrogens with zero attached hydrogens (tertiary/aromatic N) is 3. The molecule has 2 aromatic rings. The van der Waals surface area contributed by atoms with Crippen molar-refractivity contribution in [3.8, 4) is 5.82 Å². The van der Waals surface area contributed by atoms with Crippen LogP contribution in [0.3, 0.4) is 0 Å². The number of rotatable bonds is 4. The summed E-state index contributed by atoms with van der Waals surface area (Å²) in [4.78, 5) is 4.61. The molecule has 96 valence electrons. The van der Waals surface area contributed by atoms with Gasteiger partial charge in [0.25, 0.3) is 0 Å². The summed E-state index contributed by atoms with van der Waals surface area (Å²) in [5.41, 5.74) is 3.44. The fourth-order valence-corrected chi connectivity index (χ4v) is 2.20. The van der Waals surface area contributed by atoms with Crippen molar-refractivity contribution in [3.63, 3.8) is 0 Å². The first-order chi connectivity index (χ1) is 8.61. The number of hydrogen-bond acceptors (Lipinski definition) is 3. The lowest BCUT2D eigenvalue weighted by molar-refractivity contribution is 0.704. The summed E-state index contributed by atoms with van der Waals surface area (Å²) in [7, 11) is 0. The summed E-state index contributed by atoms with van der Waals surface area (Å²) in [5, 5.41) is 7.67. The SMILES string of the molecule is CCNCc1c(C)cc(C)nc1-n1cc(Br)cn1. The number of nitrogens with one attached hydrogen (secondary N) is 1. The molecule has 1 N–H and O–H groups in total. The first-order valence-electron chi connectivity index (χ1n) is 6.00. The maximum absolute atomic E-state index is 4.61. The molecule has 0 fully saturated rings. The minimum atomic E-state index is 0.808. The Morgan fingerprint density at radius 1 is 1.39 bits per heavy atom. The van der Waals surface area contributed by atoms with E-state index >= 15 is 0 Å². The van der Waals surface area contributed by atoms with Crippen molar-refractivity contribution in [2.45, 2.75) is 27.3 Å². The molecule has 0 amide bonds. The van der Waals surface area contributed by atoms with Crippen LogP contribution < -0.4 is 5.32 Å². The molecule has 0 saturated carbocycles. The highest BCUT2D eigenvalue weighted by Gasteiger charge is 2.11. The molecule has 2 aromatic heterocycles.